The SMILES string of the molecule is Cc1ccc(C(=O)N2CCN(CC3CN(Cc4ccncc4)CCO3)CC2)cc1. The van der Waals surface area contributed by atoms with Gasteiger partial charge < -0.3 is 9.64 Å². The van der Waals surface area contributed by atoms with Crippen LogP contribution in [0.1, 0.15) is 21.5 Å². The molecule has 2 aliphatic heterocycles. The number of hydrogen-bond acceptors (Lipinski definition) is 5. The van der Waals surface area contributed by atoms with Crippen molar-refractivity contribution in [3.05, 3.63) is 65.5 Å². The summed E-state index contributed by atoms with van der Waals surface area (Å²) in [7, 11) is 0. The van der Waals surface area contributed by atoms with Gasteiger partial charge in [-0.25, -0.2) is 0 Å². The lowest BCUT2D eigenvalue weighted by Gasteiger charge is -2.39. The number of rotatable bonds is 5. The highest BCUT2D eigenvalue weighted by molar-refractivity contribution is 5.94. The summed E-state index contributed by atoms with van der Waals surface area (Å²) >= 11 is 0. The summed E-state index contributed by atoms with van der Waals surface area (Å²) in [4.78, 5) is 23.7. The molecule has 6 heteroatoms. The number of aromatic nitrogens is 1. The number of morpholine rings is 1. The minimum atomic E-state index is 0.141. The van der Waals surface area contributed by atoms with Gasteiger partial charge in [0.1, 0.15) is 0 Å². The normalized spacial score (nSPS) is 21.3. The lowest BCUT2D eigenvalue weighted by molar-refractivity contribution is -0.0497. The number of ether oxygens (including phenoxy) is 1. The molecule has 0 radical (unpaired) electrons. The Kier molecular flexibility index (Phi) is 6.54. The number of carbonyl (C=O) groups is 1. The highest BCUT2D eigenvalue weighted by Gasteiger charge is 2.26. The van der Waals surface area contributed by atoms with Crippen molar-refractivity contribution < 1.29 is 9.53 Å². The van der Waals surface area contributed by atoms with E-state index in [2.05, 4.69) is 26.9 Å². The second kappa shape index (κ2) is 9.48. The Morgan fingerprint density at radius 2 is 1.72 bits per heavy atom. The fraction of sp³-hybridized carbons (Fsp3) is 0.478. The zero-order valence-corrected chi connectivity index (χ0v) is 17.2. The van der Waals surface area contributed by atoms with Crippen LogP contribution < -0.4 is 0 Å². The van der Waals surface area contributed by atoms with Crippen molar-refractivity contribution in [3.63, 3.8) is 0 Å². The van der Waals surface area contributed by atoms with Crippen molar-refractivity contribution in [2.24, 2.45) is 0 Å². The van der Waals surface area contributed by atoms with Crippen molar-refractivity contribution >= 4 is 5.91 Å². The Hall–Kier alpha value is -2.28. The maximum atomic E-state index is 12.7. The maximum absolute atomic E-state index is 12.7. The molecule has 1 aromatic heterocycles. The van der Waals surface area contributed by atoms with Crippen LogP contribution in [0.4, 0.5) is 0 Å². The van der Waals surface area contributed by atoms with Crippen LogP contribution in [0.15, 0.2) is 48.8 Å². The summed E-state index contributed by atoms with van der Waals surface area (Å²) in [6.07, 6.45) is 3.93. The van der Waals surface area contributed by atoms with Crippen LogP contribution in [0.2, 0.25) is 0 Å². The first-order valence-corrected chi connectivity index (χ1v) is 10.5. The number of hydrogen-bond donors (Lipinski definition) is 0. The van der Waals surface area contributed by atoms with Gasteiger partial charge in [-0.15, -0.1) is 0 Å². The molecule has 0 bridgehead atoms. The molecule has 2 aliphatic rings. The summed E-state index contributed by atoms with van der Waals surface area (Å²) in [5.41, 5.74) is 3.26. The predicted octanol–water partition coefficient (Wildman–Crippen LogP) is 2.05. The highest BCUT2D eigenvalue weighted by atomic mass is 16.5. The summed E-state index contributed by atoms with van der Waals surface area (Å²) in [6.45, 7) is 9.98. The molecule has 3 heterocycles. The van der Waals surface area contributed by atoms with Gasteiger partial charge in [-0.05, 0) is 36.8 Å². The quantitative estimate of drug-likeness (QED) is 0.777. The Balaban J connectivity index is 1.24. The lowest BCUT2D eigenvalue weighted by Crippen LogP contribution is -2.53. The van der Waals surface area contributed by atoms with Crippen molar-refractivity contribution in [3.8, 4) is 0 Å². The van der Waals surface area contributed by atoms with Gasteiger partial charge in [-0.2, -0.15) is 0 Å². The van der Waals surface area contributed by atoms with E-state index in [0.29, 0.717) is 0 Å². The van der Waals surface area contributed by atoms with Gasteiger partial charge >= 0.3 is 0 Å². The Labute approximate surface area is 173 Å². The summed E-state index contributed by atoms with van der Waals surface area (Å²) in [5.74, 6) is 0.141. The van der Waals surface area contributed by atoms with E-state index < -0.39 is 0 Å². The first kappa shape index (κ1) is 20.0. The van der Waals surface area contributed by atoms with Gasteiger partial charge in [0.2, 0.25) is 0 Å². The third-order valence-electron chi connectivity index (χ3n) is 5.80. The number of benzene rings is 1. The molecule has 4 rings (SSSR count). The molecule has 1 unspecified atom stereocenters. The third kappa shape index (κ3) is 5.41. The molecule has 0 saturated carbocycles. The van der Waals surface area contributed by atoms with E-state index in [0.717, 1.165) is 64.5 Å². The fourth-order valence-electron chi connectivity index (χ4n) is 4.08. The first-order valence-electron chi connectivity index (χ1n) is 10.5. The maximum Gasteiger partial charge on any atom is 0.253 e. The number of amides is 1. The molecule has 0 aliphatic carbocycles. The van der Waals surface area contributed by atoms with Crippen LogP contribution in [0.5, 0.6) is 0 Å². The van der Waals surface area contributed by atoms with E-state index in [1.54, 1.807) is 0 Å². The van der Waals surface area contributed by atoms with Crippen LogP contribution in [0.3, 0.4) is 0 Å². The molecule has 1 amide bonds. The molecule has 154 valence electrons. The van der Waals surface area contributed by atoms with Crippen LogP contribution in [0.25, 0.3) is 0 Å². The van der Waals surface area contributed by atoms with Crippen LogP contribution in [-0.4, -0.2) is 84.1 Å². The van der Waals surface area contributed by atoms with Crippen LogP contribution >= 0.6 is 0 Å². The van der Waals surface area contributed by atoms with E-state index in [4.69, 9.17) is 4.74 Å². The second-order valence-electron chi connectivity index (χ2n) is 8.04. The zero-order valence-electron chi connectivity index (χ0n) is 17.2. The molecule has 0 N–H and O–H groups in total. The monoisotopic (exact) mass is 394 g/mol. The minimum absolute atomic E-state index is 0.141. The highest BCUT2D eigenvalue weighted by Crippen LogP contribution is 2.14. The largest absolute Gasteiger partial charge is 0.374 e. The van der Waals surface area contributed by atoms with Gasteiger partial charge in [-0.1, -0.05) is 17.7 Å². The summed E-state index contributed by atoms with van der Waals surface area (Å²) in [6, 6.07) is 12.0. The van der Waals surface area contributed by atoms with E-state index in [1.807, 2.05) is 48.5 Å². The van der Waals surface area contributed by atoms with Gasteiger partial charge in [-0.3, -0.25) is 19.6 Å². The molecular weight excluding hydrogens is 364 g/mol. The molecule has 6 nitrogen and oxygen atoms in total. The van der Waals surface area contributed by atoms with E-state index in [1.165, 1.54) is 11.1 Å². The molecule has 29 heavy (non-hydrogen) atoms. The average molecular weight is 395 g/mol. The Bertz CT molecular complexity index is 788. The third-order valence-corrected chi connectivity index (χ3v) is 5.80. The summed E-state index contributed by atoms with van der Waals surface area (Å²) < 4.78 is 6.03. The van der Waals surface area contributed by atoms with Gasteiger partial charge in [0.25, 0.3) is 5.91 Å². The van der Waals surface area contributed by atoms with Gasteiger partial charge in [0.15, 0.2) is 0 Å². The van der Waals surface area contributed by atoms with E-state index >= 15 is 0 Å². The van der Waals surface area contributed by atoms with Crippen molar-refractivity contribution in [1.82, 2.24) is 19.7 Å². The lowest BCUT2D eigenvalue weighted by atomic mass is 10.1. The molecule has 1 aromatic carbocycles. The topological polar surface area (TPSA) is 48.9 Å². The second-order valence-corrected chi connectivity index (χ2v) is 8.04. The molecular formula is C23H30N4O2. The average Bonchev–Trinajstić information content (AvgIpc) is 2.75. The van der Waals surface area contributed by atoms with Crippen LogP contribution in [0, 0.1) is 6.92 Å². The molecule has 0 spiro atoms. The Morgan fingerprint density at radius 1 is 1.00 bits per heavy atom. The fourth-order valence-corrected chi connectivity index (χ4v) is 4.08. The van der Waals surface area contributed by atoms with E-state index in [-0.39, 0.29) is 12.0 Å². The minimum Gasteiger partial charge on any atom is -0.374 e. The van der Waals surface area contributed by atoms with Crippen molar-refractivity contribution in [1.29, 1.82) is 0 Å². The number of piperazine rings is 1. The van der Waals surface area contributed by atoms with E-state index in [9.17, 15) is 4.79 Å². The number of carbonyl (C=O) groups excluding carboxylic acids is 1. The molecule has 2 saturated heterocycles. The summed E-state index contributed by atoms with van der Waals surface area (Å²) in [5, 5.41) is 0. The number of aryl methyl sites for hydroxylation is 1. The smallest absolute Gasteiger partial charge is 0.253 e. The van der Waals surface area contributed by atoms with Crippen molar-refractivity contribution in [2.75, 3.05) is 52.4 Å². The standard InChI is InChI=1S/C23H30N4O2/c1-19-2-4-21(5-3-19)23(28)27-12-10-25(11-13-27)17-22-18-26(14-15-29-22)16-20-6-8-24-9-7-20/h2-9,22H,10-18H2,1H3. The molecule has 2 aromatic rings. The van der Waals surface area contributed by atoms with Gasteiger partial charge in [0, 0.05) is 70.3 Å². The Morgan fingerprint density at radius 3 is 2.45 bits per heavy atom. The predicted molar refractivity (Wildman–Crippen MR) is 113 cm³/mol. The number of nitrogens with zero attached hydrogens (tertiary/aromatic N) is 4. The van der Waals surface area contributed by atoms with Gasteiger partial charge in [0.05, 0.1) is 12.7 Å². The molecule has 2 fully saturated rings. The zero-order chi connectivity index (χ0) is 20.1. The molecule has 1 atom stereocenters. The first-order chi connectivity index (χ1) is 14.2. The van der Waals surface area contributed by atoms with Crippen molar-refractivity contribution in [2.45, 2.75) is 19.6 Å². The van der Waals surface area contributed by atoms with Crippen LogP contribution in [-0.2, 0) is 11.3 Å². The number of pyridine rings is 1.